The average molecular weight is 272 g/mol. The van der Waals surface area contributed by atoms with E-state index in [1.807, 2.05) is 0 Å². The van der Waals surface area contributed by atoms with Gasteiger partial charge in [0.1, 0.15) is 11.3 Å². The molecular weight excluding hydrogens is 262 g/mol. The van der Waals surface area contributed by atoms with Crippen molar-refractivity contribution in [3.8, 4) is 5.75 Å². The average Bonchev–Trinajstić information content (AvgIpc) is 2.24. The van der Waals surface area contributed by atoms with Gasteiger partial charge in [0.2, 0.25) is 0 Å². The fourth-order valence-corrected chi connectivity index (χ4v) is 1.74. The van der Waals surface area contributed by atoms with Crippen molar-refractivity contribution in [3.05, 3.63) is 28.8 Å². The first kappa shape index (κ1) is 14.7. The van der Waals surface area contributed by atoms with Crippen LogP contribution in [0.1, 0.15) is 23.6 Å². The van der Waals surface area contributed by atoms with Gasteiger partial charge in [-0.2, -0.15) is 26.3 Å². The number of alkyl halides is 6. The Kier molecular flexibility index (Phi) is 3.83. The number of benzene rings is 1. The minimum absolute atomic E-state index is 0.388. The minimum atomic E-state index is -4.89. The van der Waals surface area contributed by atoms with Crippen LogP contribution in [0.2, 0.25) is 0 Å². The number of methoxy groups -OCH3 is 1. The summed E-state index contributed by atoms with van der Waals surface area (Å²) < 4.78 is 80.8. The third-order valence-electron chi connectivity index (χ3n) is 2.44. The molecular formula is C11H10F6O. The minimum Gasteiger partial charge on any atom is -0.496 e. The van der Waals surface area contributed by atoms with Gasteiger partial charge in [-0.25, -0.2) is 0 Å². The van der Waals surface area contributed by atoms with Crippen LogP contribution >= 0.6 is 0 Å². The predicted octanol–water partition coefficient (Wildman–Crippen LogP) is 4.30. The first-order chi connectivity index (χ1) is 8.12. The highest BCUT2D eigenvalue weighted by Gasteiger charge is 2.42. The molecule has 0 amide bonds. The lowest BCUT2D eigenvalue weighted by atomic mass is 9.97. The maximum atomic E-state index is 12.8. The molecule has 0 fully saturated rings. The number of hydrogen-bond acceptors (Lipinski definition) is 1. The summed E-state index contributed by atoms with van der Waals surface area (Å²) in [5.41, 5.74) is -3.44. The van der Waals surface area contributed by atoms with Gasteiger partial charge in [0, 0.05) is 0 Å². The van der Waals surface area contributed by atoms with Gasteiger partial charge in [-0.05, 0) is 24.1 Å². The van der Waals surface area contributed by atoms with E-state index in [1.54, 1.807) is 0 Å². The first-order valence-electron chi connectivity index (χ1n) is 4.97. The Morgan fingerprint density at radius 2 is 1.56 bits per heavy atom. The Morgan fingerprint density at radius 1 is 1.00 bits per heavy atom. The Balaban J connectivity index is 3.64. The van der Waals surface area contributed by atoms with Crippen LogP contribution in [0.3, 0.4) is 0 Å². The summed E-state index contributed by atoms with van der Waals surface area (Å²) in [6, 6.07) is 1.29. The summed E-state index contributed by atoms with van der Waals surface area (Å²) in [4.78, 5) is 0. The number of halogens is 6. The highest BCUT2D eigenvalue weighted by molar-refractivity contribution is 5.48. The van der Waals surface area contributed by atoms with Crippen LogP contribution in [0.25, 0.3) is 0 Å². The molecule has 1 rings (SSSR count). The van der Waals surface area contributed by atoms with Crippen molar-refractivity contribution >= 4 is 0 Å². The van der Waals surface area contributed by atoms with Gasteiger partial charge in [-0.3, -0.25) is 0 Å². The molecule has 0 aliphatic carbocycles. The highest BCUT2D eigenvalue weighted by Crippen LogP contribution is 2.44. The molecule has 0 radical (unpaired) electrons. The van der Waals surface area contributed by atoms with Crippen molar-refractivity contribution in [2.24, 2.45) is 0 Å². The third-order valence-corrected chi connectivity index (χ3v) is 2.44. The van der Waals surface area contributed by atoms with Crippen molar-refractivity contribution in [3.63, 3.8) is 0 Å². The van der Waals surface area contributed by atoms with E-state index in [-0.39, 0.29) is 6.42 Å². The second-order valence-electron chi connectivity index (χ2n) is 3.52. The Morgan fingerprint density at radius 3 is 1.89 bits per heavy atom. The molecule has 1 aromatic rings. The zero-order valence-corrected chi connectivity index (χ0v) is 9.54. The lowest BCUT2D eigenvalue weighted by Gasteiger charge is -2.20. The smallest absolute Gasteiger partial charge is 0.420 e. The molecule has 0 saturated heterocycles. The van der Waals surface area contributed by atoms with Gasteiger partial charge in [0.15, 0.2) is 0 Å². The summed E-state index contributed by atoms with van der Waals surface area (Å²) in [5.74, 6) is -0.604. The topological polar surface area (TPSA) is 9.23 Å². The van der Waals surface area contributed by atoms with Crippen LogP contribution in [0, 0.1) is 0 Å². The zero-order valence-electron chi connectivity index (χ0n) is 9.54. The largest absolute Gasteiger partial charge is 0.496 e. The molecule has 0 aromatic heterocycles. The molecule has 18 heavy (non-hydrogen) atoms. The van der Waals surface area contributed by atoms with Gasteiger partial charge in [-0.1, -0.05) is 6.92 Å². The van der Waals surface area contributed by atoms with Crippen LogP contribution in [-0.2, 0) is 18.8 Å². The fraction of sp³-hybridized carbons (Fsp3) is 0.455. The molecule has 0 unspecified atom stereocenters. The number of rotatable bonds is 2. The monoisotopic (exact) mass is 272 g/mol. The number of hydrogen-bond donors (Lipinski definition) is 0. The van der Waals surface area contributed by atoms with Gasteiger partial charge >= 0.3 is 12.4 Å². The molecule has 102 valence electrons. The van der Waals surface area contributed by atoms with E-state index in [9.17, 15) is 26.3 Å². The Hall–Kier alpha value is -1.40. The van der Waals surface area contributed by atoms with Crippen molar-refractivity contribution in [1.29, 1.82) is 0 Å². The van der Waals surface area contributed by atoms with E-state index < -0.39 is 34.8 Å². The van der Waals surface area contributed by atoms with Gasteiger partial charge in [0.25, 0.3) is 0 Å². The summed E-state index contributed by atoms with van der Waals surface area (Å²) in [5, 5.41) is 0. The summed E-state index contributed by atoms with van der Waals surface area (Å²) in [6.07, 6.45) is -10.1. The van der Waals surface area contributed by atoms with Crippen molar-refractivity contribution in [2.45, 2.75) is 25.7 Å². The summed E-state index contributed by atoms with van der Waals surface area (Å²) >= 11 is 0. The normalized spacial score (nSPS) is 12.7. The lowest BCUT2D eigenvalue weighted by Crippen LogP contribution is -2.17. The molecule has 0 N–H and O–H groups in total. The third kappa shape index (κ3) is 2.70. The first-order valence-corrected chi connectivity index (χ1v) is 4.97. The number of ether oxygens (including phenoxy) is 1. The summed E-state index contributed by atoms with van der Waals surface area (Å²) in [6.45, 7) is 1.24. The predicted molar refractivity (Wildman–Crippen MR) is 52.4 cm³/mol. The van der Waals surface area contributed by atoms with Crippen molar-refractivity contribution in [2.75, 3.05) is 7.11 Å². The van der Waals surface area contributed by atoms with Crippen molar-refractivity contribution < 1.29 is 31.1 Å². The van der Waals surface area contributed by atoms with E-state index in [4.69, 9.17) is 0 Å². The maximum Gasteiger partial charge on any atom is 0.420 e. The van der Waals surface area contributed by atoms with E-state index in [1.165, 1.54) is 6.92 Å². The van der Waals surface area contributed by atoms with Crippen LogP contribution in [0.4, 0.5) is 26.3 Å². The quantitative estimate of drug-likeness (QED) is 0.729. The van der Waals surface area contributed by atoms with Crippen molar-refractivity contribution in [1.82, 2.24) is 0 Å². The van der Waals surface area contributed by atoms with Gasteiger partial charge in [0.05, 0.1) is 12.7 Å². The molecule has 1 aromatic carbocycles. The molecule has 0 spiro atoms. The van der Waals surface area contributed by atoms with Crippen LogP contribution < -0.4 is 4.74 Å². The SMILES string of the molecule is CCc1c(C(F)(F)F)ccc(OC)c1C(F)(F)F. The van der Waals surface area contributed by atoms with E-state index in [2.05, 4.69) is 4.74 Å². The van der Waals surface area contributed by atoms with E-state index in [0.717, 1.165) is 7.11 Å². The molecule has 0 aliphatic heterocycles. The molecule has 0 bridgehead atoms. The zero-order chi connectivity index (χ0) is 14.1. The van der Waals surface area contributed by atoms with Gasteiger partial charge in [-0.15, -0.1) is 0 Å². The molecule has 0 atom stereocenters. The van der Waals surface area contributed by atoms with E-state index in [0.29, 0.717) is 12.1 Å². The standard InChI is InChI=1S/C11H10F6O/c1-3-6-7(10(12,13)14)4-5-8(18-2)9(6)11(15,16)17/h4-5H,3H2,1-2H3. The highest BCUT2D eigenvalue weighted by atomic mass is 19.4. The molecule has 1 nitrogen and oxygen atoms in total. The maximum absolute atomic E-state index is 12.8. The Labute approximate surface area is 99.4 Å². The Bertz CT molecular complexity index is 432. The lowest BCUT2D eigenvalue weighted by molar-refractivity contribution is -0.144. The molecule has 7 heteroatoms. The van der Waals surface area contributed by atoms with Gasteiger partial charge < -0.3 is 4.74 Å². The second kappa shape index (κ2) is 4.70. The van der Waals surface area contributed by atoms with Crippen LogP contribution in [0.15, 0.2) is 12.1 Å². The molecule has 0 aliphatic rings. The van der Waals surface area contributed by atoms with Crippen LogP contribution in [-0.4, -0.2) is 7.11 Å². The van der Waals surface area contributed by atoms with E-state index >= 15 is 0 Å². The summed E-state index contributed by atoms with van der Waals surface area (Å²) in [7, 11) is 0.983. The fourth-order valence-electron chi connectivity index (χ4n) is 1.74. The molecule has 0 saturated carbocycles. The molecule has 0 heterocycles. The van der Waals surface area contributed by atoms with Crippen LogP contribution in [0.5, 0.6) is 5.75 Å². The second-order valence-corrected chi connectivity index (χ2v) is 3.52.